The van der Waals surface area contributed by atoms with Crippen LogP contribution in [0.2, 0.25) is 0 Å². The summed E-state index contributed by atoms with van der Waals surface area (Å²) in [5.74, 6) is 4.45. The van der Waals surface area contributed by atoms with Crippen molar-refractivity contribution in [3.8, 4) is 5.75 Å². The predicted octanol–water partition coefficient (Wildman–Crippen LogP) is -2.21. The molecule has 0 bridgehead atoms. The lowest BCUT2D eigenvalue weighted by Crippen LogP contribution is -2.48. The van der Waals surface area contributed by atoms with E-state index in [9.17, 15) is 14.7 Å². The molecule has 0 aliphatic heterocycles. The summed E-state index contributed by atoms with van der Waals surface area (Å²) >= 11 is 0. The SMILES string of the molecule is NNC(CCN=C(N)N)CC(=O)NC(Cc1ccc(O)cc1)C(N)=O. The van der Waals surface area contributed by atoms with Gasteiger partial charge in [0.05, 0.1) is 0 Å². The number of hydrogen-bond acceptors (Lipinski definition) is 6. The van der Waals surface area contributed by atoms with Crippen molar-refractivity contribution in [1.82, 2.24) is 10.7 Å². The van der Waals surface area contributed by atoms with Crippen molar-refractivity contribution in [2.75, 3.05) is 6.54 Å². The van der Waals surface area contributed by atoms with Crippen molar-refractivity contribution < 1.29 is 14.7 Å². The minimum absolute atomic E-state index is 0.0376. The number of guanidine groups is 1. The highest BCUT2D eigenvalue weighted by Crippen LogP contribution is 2.11. The third-order valence-electron chi connectivity index (χ3n) is 3.49. The molecule has 0 aliphatic carbocycles. The van der Waals surface area contributed by atoms with Gasteiger partial charge in [0.2, 0.25) is 11.8 Å². The standard InChI is InChI=1S/C15H25N7O3/c16-14(25)12(7-9-1-3-11(23)4-2-9)21-13(24)8-10(22-19)5-6-20-15(17)18/h1-4,10,12,22-23H,5-8,19H2,(H2,16,25)(H,21,24)(H4,17,18,20). The second kappa shape index (κ2) is 10.1. The van der Waals surface area contributed by atoms with Gasteiger partial charge >= 0.3 is 0 Å². The highest BCUT2D eigenvalue weighted by atomic mass is 16.3. The van der Waals surface area contributed by atoms with Crippen LogP contribution in [0.1, 0.15) is 18.4 Å². The van der Waals surface area contributed by atoms with E-state index >= 15 is 0 Å². The number of rotatable bonds is 10. The highest BCUT2D eigenvalue weighted by Gasteiger charge is 2.20. The second-order valence-electron chi connectivity index (χ2n) is 5.56. The molecule has 10 heteroatoms. The van der Waals surface area contributed by atoms with Crippen molar-refractivity contribution in [3.63, 3.8) is 0 Å². The largest absolute Gasteiger partial charge is 0.508 e. The molecule has 2 amide bonds. The Labute approximate surface area is 145 Å². The smallest absolute Gasteiger partial charge is 0.240 e. The minimum atomic E-state index is -0.867. The van der Waals surface area contributed by atoms with E-state index in [1.165, 1.54) is 12.1 Å². The van der Waals surface area contributed by atoms with Gasteiger partial charge in [-0.1, -0.05) is 12.1 Å². The fourth-order valence-electron chi connectivity index (χ4n) is 2.16. The molecule has 138 valence electrons. The van der Waals surface area contributed by atoms with Gasteiger partial charge in [-0.2, -0.15) is 0 Å². The number of hydrazine groups is 1. The van der Waals surface area contributed by atoms with Crippen LogP contribution in [0.15, 0.2) is 29.3 Å². The Hall–Kier alpha value is -2.85. The molecular weight excluding hydrogens is 326 g/mol. The van der Waals surface area contributed by atoms with E-state index in [-0.39, 0.29) is 36.5 Å². The first-order chi connectivity index (χ1) is 11.8. The molecule has 1 aromatic rings. The number of phenols is 1. The number of amides is 2. The molecular formula is C15H25N7O3. The zero-order valence-electron chi connectivity index (χ0n) is 13.8. The Morgan fingerprint density at radius 1 is 1.16 bits per heavy atom. The molecule has 0 heterocycles. The number of phenolic OH excluding ortho intramolecular Hbond substituents is 1. The Bertz CT molecular complexity index is 600. The van der Waals surface area contributed by atoms with E-state index in [0.29, 0.717) is 13.0 Å². The fourth-order valence-corrected chi connectivity index (χ4v) is 2.16. The zero-order valence-corrected chi connectivity index (χ0v) is 13.8. The van der Waals surface area contributed by atoms with Crippen LogP contribution in [0, 0.1) is 0 Å². The number of aliphatic imine (C=N–C) groups is 1. The molecule has 0 spiro atoms. The number of primary amides is 1. The van der Waals surface area contributed by atoms with Crippen LogP contribution in [-0.4, -0.2) is 41.5 Å². The maximum atomic E-state index is 12.1. The molecule has 2 unspecified atom stereocenters. The van der Waals surface area contributed by atoms with Crippen molar-refractivity contribution in [2.45, 2.75) is 31.3 Å². The van der Waals surface area contributed by atoms with Gasteiger partial charge in [-0.15, -0.1) is 0 Å². The van der Waals surface area contributed by atoms with Gasteiger partial charge in [0.15, 0.2) is 5.96 Å². The number of carbonyl (C=O) groups is 2. The van der Waals surface area contributed by atoms with Crippen LogP contribution in [0.25, 0.3) is 0 Å². The summed E-state index contributed by atoms with van der Waals surface area (Å²) in [5.41, 5.74) is 19.1. The number of aromatic hydroxyl groups is 1. The number of benzene rings is 1. The predicted molar refractivity (Wildman–Crippen MR) is 94.0 cm³/mol. The van der Waals surface area contributed by atoms with Gasteiger partial charge in [0.1, 0.15) is 11.8 Å². The summed E-state index contributed by atoms with van der Waals surface area (Å²) < 4.78 is 0. The molecule has 0 aliphatic rings. The zero-order chi connectivity index (χ0) is 18.8. The van der Waals surface area contributed by atoms with Gasteiger partial charge < -0.3 is 27.6 Å². The molecule has 0 aromatic heterocycles. The fraction of sp³-hybridized carbons (Fsp3) is 0.400. The Kier molecular flexibility index (Phi) is 8.16. The third kappa shape index (κ3) is 7.99. The lowest BCUT2D eigenvalue weighted by molar-refractivity contribution is -0.127. The Morgan fingerprint density at radius 2 is 1.80 bits per heavy atom. The molecule has 0 saturated carbocycles. The van der Waals surface area contributed by atoms with E-state index in [4.69, 9.17) is 23.0 Å². The minimum Gasteiger partial charge on any atom is -0.508 e. The summed E-state index contributed by atoms with van der Waals surface area (Å²) in [7, 11) is 0. The molecule has 1 aromatic carbocycles. The number of nitrogens with zero attached hydrogens (tertiary/aromatic N) is 1. The molecule has 0 fully saturated rings. The summed E-state index contributed by atoms with van der Waals surface area (Å²) in [6.07, 6.45) is 0.701. The molecule has 0 saturated heterocycles. The topological polar surface area (TPSA) is 195 Å². The van der Waals surface area contributed by atoms with Crippen LogP contribution >= 0.6 is 0 Å². The monoisotopic (exact) mass is 351 g/mol. The van der Waals surface area contributed by atoms with E-state index in [0.717, 1.165) is 5.56 Å². The van der Waals surface area contributed by atoms with Crippen LogP contribution in [0.5, 0.6) is 5.75 Å². The summed E-state index contributed by atoms with van der Waals surface area (Å²) in [5, 5.41) is 11.9. The summed E-state index contributed by atoms with van der Waals surface area (Å²) in [6.45, 7) is 0.317. The first-order valence-electron chi connectivity index (χ1n) is 7.70. The molecule has 1 rings (SSSR count). The lowest BCUT2D eigenvalue weighted by atomic mass is 10.0. The molecule has 25 heavy (non-hydrogen) atoms. The van der Waals surface area contributed by atoms with E-state index in [1.807, 2.05) is 0 Å². The average Bonchev–Trinajstić information content (AvgIpc) is 2.54. The van der Waals surface area contributed by atoms with E-state index in [2.05, 4.69) is 15.7 Å². The van der Waals surface area contributed by atoms with Gasteiger partial charge in [-0.3, -0.25) is 25.8 Å². The molecule has 2 atom stereocenters. The number of hydrogen-bond donors (Lipinski definition) is 7. The maximum absolute atomic E-state index is 12.1. The van der Waals surface area contributed by atoms with Crippen LogP contribution in [-0.2, 0) is 16.0 Å². The van der Waals surface area contributed by atoms with Crippen molar-refractivity contribution in [3.05, 3.63) is 29.8 Å². The average molecular weight is 351 g/mol. The van der Waals surface area contributed by atoms with E-state index < -0.39 is 11.9 Å². The third-order valence-corrected chi connectivity index (χ3v) is 3.49. The molecule has 10 nitrogen and oxygen atoms in total. The first kappa shape index (κ1) is 20.2. The van der Waals surface area contributed by atoms with Crippen LogP contribution in [0.3, 0.4) is 0 Å². The van der Waals surface area contributed by atoms with Crippen molar-refractivity contribution in [1.29, 1.82) is 0 Å². The lowest BCUT2D eigenvalue weighted by Gasteiger charge is -2.19. The van der Waals surface area contributed by atoms with Crippen molar-refractivity contribution in [2.24, 2.45) is 28.0 Å². The van der Waals surface area contributed by atoms with Crippen molar-refractivity contribution >= 4 is 17.8 Å². The van der Waals surface area contributed by atoms with Gasteiger partial charge in [-0.05, 0) is 24.1 Å². The number of nitrogens with two attached hydrogens (primary N) is 4. The quantitative estimate of drug-likeness (QED) is 0.107. The van der Waals surface area contributed by atoms with Gasteiger partial charge in [0.25, 0.3) is 0 Å². The number of carbonyl (C=O) groups excluding carboxylic acids is 2. The van der Waals surface area contributed by atoms with Crippen LogP contribution < -0.4 is 33.8 Å². The summed E-state index contributed by atoms with van der Waals surface area (Å²) in [6, 6.07) is 5.06. The molecule has 0 radical (unpaired) electrons. The number of nitrogens with one attached hydrogen (secondary N) is 2. The van der Waals surface area contributed by atoms with E-state index in [1.54, 1.807) is 12.1 Å². The van der Waals surface area contributed by atoms with Gasteiger partial charge in [0, 0.05) is 25.4 Å². The van der Waals surface area contributed by atoms with Gasteiger partial charge in [-0.25, -0.2) is 0 Å². The normalized spacial score (nSPS) is 12.8. The first-order valence-corrected chi connectivity index (χ1v) is 7.70. The molecule has 11 N–H and O–H groups in total. The van der Waals surface area contributed by atoms with Crippen LogP contribution in [0.4, 0.5) is 0 Å². The highest BCUT2D eigenvalue weighted by molar-refractivity contribution is 5.87. The Morgan fingerprint density at radius 3 is 2.32 bits per heavy atom. The Balaban J connectivity index is 2.58. The maximum Gasteiger partial charge on any atom is 0.240 e. The summed E-state index contributed by atoms with van der Waals surface area (Å²) in [4.78, 5) is 27.5. The second-order valence-corrected chi connectivity index (χ2v) is 5.56.